The lowest BCUT2D eigenvalue weighted by Crippen LogP contribution is -2.06. The molecule has 0 unspecified atom stereocenters. The number of hydrogen-bond donors (Lipinski definition) is 0. The Labute approximate surface area is 106 Å². The third-order valence-electron chi connectivity index (χ3n) is 3.54. The molecule has 2 nitrogen and oxygen atoms in total. The predicted molar refractivity (Wildman–Crippen MR) is 70.2 cm³/mol. The minimum absolute atomic E-state index is 0.0340. The molecular weight excluding hydrogens is 224 g/mol. The lowest BCUT2D eigenvalue weighted by atomic mass is 9.95. The van der Waals surface area contributed by atoms with Crippen molar-refractivity contribution in [2.24, 2.45) is 0 Å². The molecule has 0 radical (unpaired) electrons. The molecule has 0 aromatic heterocycles. The fourth-order valence-corrected chi connectivity index (χ4v) is 2.54. The molecule has 0 fully saturated rings. The molecule has 0 aliphatic heterocycles. The van der Waals surface area contributed by atoms with Gasteiger partial charge in [0.25, 0.3) is 0 Å². The summed E-state index contributed by atoms with van der Waals surface area (Å²) >= 11 is 0. The van der Waals surface area contributed by atoms with E-state index in [1.54, 1.807) is 7.11 Å². The van der Waals surface area contributed by atoms with E-state index in [0.717, 1.165) is 28.9 Å². The van der Waals surface area contributed by atoms with Gasteiger partial charge in [0.1, 0.15) is 5.75 Å². The molecule has 0 spiro atoms. The Morgan fingerprint density at radius 3 is 2.44 bits per heavy atom. The highest BCUT2D eigenvalue weighted by Gasteiger charge is 2.30. The molecule has 0 amide bonds. The molecule has 2 aromatic carbocycles. The topological polar surface area (TPSA) is 26.3 Å². The van der Waals surface area contributed by atoms with Gasteiger partial charge in [0.05, 0.1) is 13.0 Å². The van der Waals surface area contributed by atoms with Gasteiger partial charge in [-0.1, -0.05) is 36.4 Å². The first-order valence-corrected chi connectivity index (χ1v) is 6.05. The van der Waals surface area contributed by atoms with E-state index < -0.39 is 0 Å². The van der Waals surface area contributed by atoms with Crippen molar-refractivity contribution in [2.45, 2.75) is 12.3 Å². The summed E-state index contributed by atoms with van der Waals surface area (Å²) in [5, 5.41) is 0. The minimum atomic E-state index is -0.0340. The second-order valence-corrected chi connectivity index (χ2v) is 4.55. The van der Waals surface area contributed by atoms with Gasteiger partial charge in [-0.25, -0.2) is 0 Å². The summed E-state index contributed by atoms with van der Waals surface area (Å²) in [4.78, 5) is 12.3. The van der Waals surface area contributed by atoms with Crippen LogP contribution >= 0.6 is 0 Å². The molecule has 0 saturated heterocycles. The van der Waals surface area contributed by atoms with Gasteiger partial charge in [-0.2, -0.15) is 0 Å². The Morgan fingerprint density at radius 1 is 1.06 bits per heavy atom. The molecule has 3 rings (SSSR count). The van der Waals surface area contributed by atoms with Gasteiger partial charge in [0.2, 0.25) is 0 Å². The maximum Gasteiger partial charge on any atom is 0.170 e. The van der Waals surface area contributed by atoms with Crippen molar-refractivity contribution in [3.05, 3.63) is 65.2 Å². The molecular formula is C16H14O2. The Bertz CT molecular complexity index is 584. The minimum Gasteiger partial charge on any atom is -0.497 e. The molecule has 0 N–H and O–H groups in total. The smallest absolute Gasteiger partial charge is 0.170 e. The fourth-order valence-electron chi connectivity index (χ4n) is 2.54. The van der Waals surface area contributed by atoms with Gasteiger partial charge < -0.3 is 4.74 Å². The molecule has 1 aliphatic rings. The van der Waals surface area contributed by atoms with E-state index in [0.29, 0.717) is 0 Å². The van der Waals surface area contributed by atoms with Crippen LogP contribution < -0.4 is 4.74 Å². The highest BCUT2D eigenvalue weighted by Crippen LogP contribution is 2.34. The van der Waals surface area contributed by atoms with Crippen molar-refractivity contribution in [2.75, 3.05) is 7.11 Å². The third-order valence-corrected chi connectivity index (χ3v) is 3.54. The molecule has 1 aliphatic carbocycles. The second kappa shape index (κ2) is 4.30. The van der Waals surface area contributed by atoms with Crippen LogP contribution in [0.4, 0.5) is 0 Å². The molecule has 2 aromatic rings. The van der Waals surface area contributed by atoms with Crippen molar-refractivity contribution in [3.8, 4) is 5.75 Å². The van der Waals surface area contributed by atoms with Crippen molar-refractivity contribution in [3.63, 3.8) is 0 Å². The summed E-state index contributed by atoms with van der Waals surface area (Å²) in [6.45, 7) is 0. The van der Waals surface area contributed by atoms with Crippen LogP contribution in [0.15, 0.2) is 48.5 Å². The van der Waals surface area contributed by atoms with E-state index in [1.807, 2.05) is 48.5 Å². The van der Waals surface area contributed by atoms with E-state index in [-0.39, 0.29) is 11.7 Å². The number of benzene rings is 2. The third kappa shape index (κ3) is 1.70. The average Bonchev–Trinajstić information content (AvgIpc) is 2.77. The monoisotopic (exact) mass is 238 g/mol. The summed E-state index contributed by atoms with van der Waals surface area (Å²) in [6.07, 6.45) is 0.807. The summed E-state index contributed by atoms with van der Waals surface area (Å²) in [5.74, 6) is 1.02. The van der Waals surface area contributed by atoms with E-state index >= 15 is 0 Å². The summed E-state index contributed by atoms with van der Waals surface area (Å²) in [5.41, 5.74) is 3.10. The summed E-state index contributed by atoms with van der Waals surface area (Å²) < 4.78 is 5.14. The van der Waals surface area contributed by atoms with Crippen LogP contribution in [0, 0.1) is 0 Å². The van der Waals surface area contributed by atoms with Crippen LogP contribution in [0.25, 0.3) is 0 Å². The van der Waals surface area contributed by atoms with Crippen molar-refractivity contribution in [1.29, 1.82) is 0 Å². The van der Waals surface area contributed by atoms with Gasteiger partial charge in [0, 0.05) is 5.56 Å². The van der Waals surface area contributed by atoms with Gasteiger partial charge in [-0.15, -0.1) is 0 Å². The molecule has 90 valence electrons. The molecule has 0 bridgehead atoms. The lowest BCUT2D eigenvalue weighted by Gasteiger charge is -2.09. The average molecular weight is 238 g/mol. The number of ketones is 1. The first-order chi connectivity index (χ1) is 8.79. The zero-order chi connectivity index (χ0) is 12.5. The SMILES string of the molecule is COc1ccc([C@H]2Cc3ccccc3C2=O)cc1. The van der Waals surface area contributed by atoms with Crippen LogP contribution in [0.1, 0.15) is 27.4 Å². The quantitative estimate of drug-likeness (QED) is 0.803. The number of fused-ring (bicyclic) bond motifs is 1. The Kier molecular flexibility index (Phi) is 2.63. The van der Waals surface area contributed by atoms with Crippen molar-refractivity contribution < 1.29 is 9.53 Å². The molecule has 1 atom stereocenters. The summed E-state index contributed by atoms with van der Waals surface area (Å²) in [7, 11) is 1.64. The fraction of sp³-hybridized carbons (Fsp3) is 0.188. The van der Waals surface area contributed by atoms with E-state index in [4.69, 9.17) is 4.74 Å². The summed E-state index contributed by atoms with van der Waals surface area (Å²) in [6, 6.07) is 15.6. The number of rotatable bonds is 2. The first-order valence-electron chi connectivity index (χ1n) is 6.05. The number of carbonyl (C=O) groups excluding carboxylic acids is 1. The maximum atomic E-state index is 12.3. The highest BCUT2D eigenvalue weighted by atomic mass is 16.5. The maximum absolute atomic E-state index is 12.3. The standard InChI is InChI=1S/C16H14O2/c1-18-13-8-6-11(7-9-13)15-10-12-4-2-3-5-14(12)16(15)17/h2-9,15H,10H2,1H3/t15-/m1/s1. The Hall–Kier alpha value is -2.09. The number of Topliss-reactive ketones (excluding diaryl/α,β-unsaturated/α-hetero) is 1. The number of methoxy groups -OCH3 is 1. The van der Waals surface area contributed by atoms with Crippen LogP contribution in [0.2, 0.25) is 0 Å². The largest absolute Gasteiger partial charge is 0.497 e. The lowest BCUT2D eigenvalue weighted by molar-refractivity contribution is 0.0973. The van der Waals surface area contributed by atoms with Gasteiger partial charge in [-0.3, -0.25) is 4.79 Å². The van der Waals surface area contributed by atoms with Crippen molar-refractivity contribution in [1.82, 2.24) is 0 Å². The predicted octanol–water partition coefficient (Wildman–Crippen LogP) is 3.22. The molecule has 0 saturated carbocycles. The van der Waals surface area contributed by atoms with Crippen LogP contribution in [-0.2, 0) is 6.42 Å². The van der Waals surface area contributed by atoms with E-state index in [2.05, 4.69) is 0 Å². The van der Waals surface area contributed by atoms with Gasteiger partial charge in [0.15, 0.2) is 5.78 Å². The first kappa shape index (κ1) is 11.0. The molecule has 2 heteroatoms. The van der Waals surface area contributed by atoms with Gasteiger partial charge >= 0.3 is 0 Å². The molecule has 18 heavy (non-hydrogen) atoms. The molecule has 0 heterocycles. The van der Waals surface area contributed by atoms with Crippen LogP contribution in [-0.4, -0.2) is 12.9 Å². The number of carbonyl (C=O) groups is 1. The van der Waals surface area contributed by atoms with E-state index in [9.17, 15) is 4.79 Å². The highest BCUT2D eigenvalue weighted by molar-refractivity contribution is 6.05. The second-order valence-electron chi connectivity index (χ2n) is 4.55. The zero-order valence-electron chi connectivity index (χ0n) is 10.2. The van der Waals surface area contributed by atoms with Crippen LogP contribution in [0.5, 0.6) is 5.75 Å². The zero-order valence-corrected chi connectivity index (χ0v) is 10.2. The van der Waals surface area contributed by atoms with Crippen LogP contribution in [0.3, 0.4) is 0 Å². The normalized spacial score (nSPS) is 17.6. The van der Waals surface area contributed by atoms with Crippen molar-refractivity contribution >= 4 is 5.78 Å². The number of ether oxygens (including phenoxy) is 1. The van der Waals surface area contributed by atoms with Gasteiger partial charge in [-0.05, 0) is 29.7 Å². The Morgan fingerprint density at radius 2 is 1.78 bits per heavy atom. The Balaban J connectivity index is 1.93. The number of hydrogen-bond acceptors (Lipinski definition) is 2. The van der Waals surface area contributed by atoms with E-state index in [1.165, 1.54) is 0 Å².